The summed E-state index contributed by atoms with van der Waals surface area (Å²) in [6.07, 6.45) is 3.82. The van der Waals surface area contributed by atoms with Gasteiger partial charge in [-0.25, -0.2) is 0 Å². The number of nitrogens with zero attached hydrogens (tertiary/aromatic N) is 1. The Hall–Kier alpha value is -1.33. The summed E-state index contributed by atoms with van der Waals surface area (Å²) < 4.78 is 0. The average molecular weight is 285 g/mol. The topological polar surface area (TPSA) is 44.0 Å². The molecule has 1 aromatic rings. The minimum absolute atomic E-state index is 0.279. The van der Waals surface area contributed by atoms with Crippen LogP contribution in [-0.4, -0.2) is 11.2 Å². The molecule has 2 rings (SSSR count). The van der Waals surface area contributed by atoms with Gasteiger partial charge in [-0.05, 0) is 49.0 Å². The number of aliphatic hydroxyl groups is 1. The molecule has 2 atom stereocenters. The highest BCUT2D eigenvalue weighted by molar-refractivity contribution is 5.19. The predicted molar refractivity (Wildman–Crippen MR) is 85.8 cm³/mol. The third-order valence-electron chi connectivity index (χ3n) is 5.30. The van der Waals surface area contributed by atoms with Crippen LogP contribution in [0.5, 0.6) is 0 Å². The molecule has 21 heavy (non-hydrogen) atoms. The minimum Gasteiger partial charge on any atom is -0.391 e. The Bertz CT molecular complexity index is 490. The molecule has 1 fully saturated rings. The molecule has 2 unspecified atom stereocenters. The summed E-state index contributed by atoms with van der Waals surface area (Å²) in [5, 5.41) is 20.4. The molecule has 1 saturated carbocycles. The number of nitriles is 1. The van der Waals surface area contributed by atoms with Crippen LogP contribution >= 0.6 is 0 Å². The van der Waals surface area contributed by atoms with E-state index >= 15 is 0 Å². The molecule has 0 saturated heterocycles. The molecular formula is C19H27NO. The van der Waals surface area contributed by atoms with E-state index in [1.54, 1.807) is 0 Å². The monoisotopic (exact) mass is 285 g/mol. The summed E-state index contributed by atoms with van der Waals surface area (Å²) in [4.78, 5) is 0. The lowest BCUT2D eigenvalue weighted by Crippen LogP contribution is -2.40. The highest BCUT2D eigenvalue weighted by atomic mass is 16.3. The Labute approximate surface area is 128 Å². The van der Waals surface area contributed by atoms with Gasteiger partial charge in [-0.2, -0.15) is 5.26 Å². The molecule has 2 heteroatoms. The summed E-state index contributed by atoms with van der Waals surface area (Å²) in [7, 11) is 0. The first-order chi connectivity index (χ1) is 9.88. The van der Waals surface area contributed by atoms with Crippen LogP contribution in [0.25, 0.3) is 0 Å². The SMILES string of the molecule is CC(CC(O)C1(C#N)CCC(C)(C)CC1)c1ccccc1. The maximum absolute atomic E-state index is 10.7. The molecule has 1 aliphatic rings. The van der Waals surface area contributed by atoms with Gasteiger partial charge in [0.05, 0.1) is 17.6 Å². The first kappa shape index (κ1) is 16.0. The number of hydrogen-bond donors (Lipinski definition) is 1. The number of rotatable bonds is 4. The van der Waals surface area contributed by atoms with Crippen LogP contribution in [0.1, 0.15) is 64.4 Å². The van der Waals surface area contributed by atoms with Crippen LogP contribution < -0.4 is 0 Å². The van der Waals surface area contributed by atoms with Gasteiger partial charge in [-0.15, -0.1) is 0 Å². The third kappa shape index (κ3) is 3.66. The van der Waals surface area contributed by atoms with Crippen LogP contribution in [0.3, 0.4) is 0 Å². The number of benzene rings is 1. The molecule has 0 aliphatic heterocycles. The van der Waals surface area contributed by atoms with Gasteiger partial charge >= 0.3 is 0 Å². The third-order valence-corrected chi connectivity index (χ3v) is 5.30. The Morgan fingerprint density at radius 2 is 1.71 bits per heavy atom. The highest BCUT2D eigenvalue weighted by Crippen LogP contribution is 2.48. The number of hydrogen-bond acceptors (Lipinski definition) is 2. The van der Waals surface area contributed by atoms with E-state index in [9.17, 15) is 10.4 Å². The van der Waals surface area contributed by atoms with E-state index in [-0.39, 0.29) is 5.92 Å². The average Bonchev–Trinajstić information content (AvgIpc) is 2.48. The van der Waals surface area contributed by atoms with E-state index in [0.717, 1.165) is 25.7 Å². The molecule has 2 nitrogen and oxygen atoms in total. The van der Waals surface area contributed by atoms with Crippen LogP contribution in [0.4, 0.5) is 0 Å². The first-order valence-electron chi connectivity index (χ1n) is 8.03. The Balaban J connectivity index is 2.05. The van der Waals surface area contributed by atoms with Crippen molar-refractivity contribution in [2.24, 2.45) is 10.8 Å². The van der Waals surface area contributed by atoms with Gasteiger partial charge < -0.3 is 5.11 Å². The van der Waals surface area contributed by atoms with Crippen molar-refractivity contribution >= 4 is 0 Å². The minimum atomic E-state index is -0.543. The zero-order valence-corrected chi connectivity index (χ0v) is 13.5. The van der Waals surface area contributed by atoms with E-state index < -0.39 is 11.5 Å². The van der Waals surface area contributed by atoms with Crippen molar-refractivity contribution in [2.45, 2.75) is 64.9 Å². The van der Waals surface area contributed by atoms with Crippen molar-refractivity contribution < 1.29 is 5.11 Å². The molecule has 0 heterocycles. The molecule has 0 radical (unpaired) electrons. The summed E-state index contributed by atoms with van der Waals surface area (Å²) >= 11 is 0. The van der Waals surface area contributed by atoms with Gasteiger partial charge in [0.15, 0.2) is 0 Å². The first-order valence-corrected chi connectivity index (χ1v) is 8.03. The second-order valence-electron chi connectivity index (χ2n) is 7.50. The fourth-order valence-electron chi connectivity index (χ4n) is 3.37. The second-order valence-corrected chi connectivity index (χ2v) is 7.50. The Morgan fingerprint density at radius 1 is 1.14 bits per heavy atom. The van der Waals surface area contributed by atoms with Gasteiger partial charge in [0.25, 0.3) is 0 Å². The molecule has 1 aromatic carbocycles. The zero-order valence-electron chi connectivity index (χ0n) is 13.5. The van der Waals surface area contributed by atoms with E-state index in [1.165, 1.54) is 5.56 Å². The van der Waals surface area contributed by atoms with E-state index in [4.69, 9.17) is 0 Å². The van der Waals surface area contributed by atoms with Gasteiger partial charge in [0.1, 0.15) is 0 Å². The molecule has 1 aliphatic carbocycles. The van der Waals surface area contributed by atoms with Gasteiger partial charge in [-0.1, -0.05) is 51.1 Å². The van der Waals surface area contributed by atoms with Crippen molar-refractivity contribution in [3.05, 3.63) is 35.9 Å². The lowest BCUT2D eigenvalue weighted by atomic mass is 9.62. The fraction of sp³-hybridized carbons (Fsp3) is 0.632. The van der Waals surface area contributed by atoms with Crippen molar-refractivity contribution in [1.82, 2.24) is 0 Å². The van der Waals surface area contributed by atoms with E-state index in [0.29, 0.717) is 11.8 Å². The highest BCUT2D eigenvalue weighted by Gasteiger charge is 2.44. The standard InChI is InChI=1S/C19H27NO/c1-15(16-7-5-4-6-8-16)13-17(21)19(14-20)11-9-18(2,3)10-12-19/h4-8,15,17,21H,9-13H2,1-3H3. The molecule has 0 amide bonds. The molecule has 114 valence electrons. The lowest BCUT2D eigenvalue weighted by molar-refractivity contribution is 0.00287. The quantitative estimate of drug-likeness (QED) is 0.875. The Kier molecular flexibility index (Phi) is 4.74. The lowest BCUT2D eigenvalue weighted by Gasteiger charge is -2.42. The van der Waals surface area contributed by atoms with Gasteiger partial charge in [0, 0.05) is 0 Å². The van der Waals surface area contributed by atoms with Crippen molar-refractivity contribution in [3.8, 4) is 6.07 Å². The van der Waals surface area contributed by atoms with Gasteiger partial charge in [-0.3, -0.25) is 0 Å². The van der Waals surface area contributed by atoms with Crippen LogP contribution in [0, 0.1) is 22.2 Å². The van der Waals surface area contributed by atoms with Crippen LogP contribution in [0.15, 0.2) is 30.3 Å². The summed E-state index contributed by atoms with van der Waals surface area (Å²) in [5.74, 6) is 0.279. The summed E-state index contributed by atoms with van der Waals surface area (Å²) in [6, 6.07) is 12.7. The molecule has 0 spiro atoms. The zero-order chi connectivity index (χ0) is 15.5. The summed E-state index contributed by atoms with van der Waals surface area (Å²) in [6.45, 7) is 6.65. The maximum atomic E-state index is 10.7. The van der Waals surface area contributed by atoms with E-state index in [2.05, 4.69) is 39.0 Å². The van der Waals surface area contributed by atoms with Crippen LogP contribution in [-0.2, 0) is 0 Å². The van der Waals surface area contributed by atoms with Crippen molar-refractivity contribution in [1.29, 1.82) is 5.26 Å². The maximum Gasteiger partial charge on any atom is 0.0832 e. The van der Waals surface area contributed by atoms with E-state index in [1.807, 2.05) is 18.2 Å². The van der Waals surface area contributed by atoms with Crippen molar-refractivity contribution in [3.63, 3.8) is 0 Å². The molecule has 0 aromatic heterocycles. The summed E-state index contributed by atoms with van der Waals surface area (Å²) in [5.41, 5.74) is 1.00. The van der Waals surface area contributed by atoms with Gasteiger partial charge in [0.2, 0.25) is 0 Å². The Morgan fingerprint density at radius 3 is 2.24 bits per heavy atom. The fourth-order valence-corrected chi connectivity index (χ4v) is 3.37. The largest absolute Gasteiger partial charge is 0.391 e. The van der Waals surface area contributed by atoms with Crippen LogP contribution in [0.2, 0.25) is 0 Å². The predicted octanol–water partition coefficient (Wildman–Crippen LogP) is 4.65. The molecule has 1 N–H and O–H groups in total. The smallest absolute Gasteiger partial charge is 0.0832 e. The van der Waals surface area contributed by atoms with Crippen molar-refractivity contribution in [2.75, 3.05) is 0 Å². The normalized spacial score (nSPS) is 23.0. The second kappa shape index (κ2) is 6.20. The number of aliphatic hydroxyl groups excluding tert-OH is 1. The molecule has 0 bridgehead atoms. The molecular weight excluding hydrogens is 258 g/mol.